The van der Waals surface area contributed by atoms with E-state index >= 15 is 0 Å². The number of likely N-dealkylation sites (tertiary alicyclic amines) is 1. The van der Waals surface area contributed by atoms with Gasteiger partial charge in [-0.3, -0.25) is 19.4 Å². The van der Waals surface area contributed by atoms with Gasteiger partial charge >= 0.3 is 0 Å². The lowest BCUT2D eigenvalue weighted by molar-refractivity contribution is -0.138. The van der Waals surface area contributed by atoms with Gasteiger partial charge in [0.25, 0.3) is 5.91 Å². The predicted octanol–water partition coefficient (Wildman–Crippen LogP) is 2.61. The van der Waals surface area contributed by atoms with Crippen molar-refractivity contribution in [3.63, 3.8) is 0 Å². The number of carbonyl (C=O) groups is 2. The minimum Gasteiger partial charge on any atom is -0.349 e. The van der Waals surface area contributed by atoms with Gasteiger partial charge in [0.2, 0.25) is 5.91 Å². The molecule has 2 aromatic rings. The van der Waals surface area contributed by atoms with Crippen LogP contribution in [0.5, 0.6) is 0 Å². The zero-order chi connectivity index (χ0) is 22.3. The van der Waals surface area contributed by atoms with Crippen LogP contribution >= 0.6 is 0 Å². The topological polar surface area (TPSA) is 55.9 Å². The van der Waals surface area contributed by atoms with E-state index in [9.17, 15) is 9.59 Å². The summed E-state index contributed by atoms with van der Waals surface area (Å²) in [5.41, 5.74) is 2.02. The molecule has 170 valence electrons. The van der Waals surface area contributed by atoms with Crippen molar-refractivity contribution in [2.45, 2.75) is 38.4 Å². The molecule has 2 saturated heterocycles. The summed E-state index contributed by atoms with van der Waals surface area (Å²) in [6, 6.07) is 19.9. The van der Waals surface area contributed by atoms with Crippen LogP contribution in [0.1, 0.15) is 35.7 Å². The van der Waals surface area contributed by atoms with Crippen molar-refractivity contribution >= 4 is 11.8 Å². The Kier molecular flexibility index (Phi) is 7.55. The monoisotopic (exact) mass is 434 g/mol. The first-order valence-corrected chi connectivity index (χ1v) is 11.7. The van der Waals surface area contributed by atoms with Crippen molar-refractivity contribution < 1.29 is 9.59 Å². The molecule has 2 heterocycles. The smallest absolute Gasteiger partial charge is 0.251 e. The van der Waals surface area contributed by atoms with Gasteiger partial charge in [-0.15, -0.1) is 0 Å². The van der Waals surface area contributed by atoms with Gasteiger partial charge in [-0.25, -0.2) is 0 Å². The summed E-state index contributed by atoms with van der Waals surface area (Å²) in [6.07, 6.45) is 1.75. The van der Waals surface area contributed by atoms with Gasteiger partial charge < -0.3 is 10.2 Å². The Morgan fingerprint density at radius 1 is 0.875 bits per heavy atom. The summed E-state index contributed by atoms with van der Waals surface area (Å²) >= 11 is 0. The van der Waals surface area contributed by atoms with Gasteiger partial charge in [0.15, 0.2) is 0 Å². The summed E-state index contributed by atoms with van der Waals surface area (Å²) in [4.78, 5) is 32.2. The third-order valence-electron chi connectivity index (χ3n) is 6.74. The van der Waals surface area contributed by atoms with Gasteiger partial charge in [-0.2, -0.15) is 0 Å². The van der Waals surface area contributed by atoms with E-state index in [0.717, 1.165) is 58.7 Å². The van der Waals surface area contributed by atoms with Crippen molar-refractivity contribution in [2.24, 2.45) is 0 Å². The molecule has 6 heteroatoms. The molecule has 1 N–H and O–H groups in total. The lowest BCUT2D eigenvalue weighted by Crippen LogP contribution is -2.56. The van der Waals surface area contributed by atoms with Crippen LogP contribution in [-0.2, 0) is 11.3 Å². The fourth-order valence-electron chi connectivity index (χ4n) is 4.68. The molecule has 0 spiro atoms. The number of hydrogen-bond acceptors (Lipinski definition) is 4. The van der Waals surface area contributed by atoms with E-state index in [1.807, 2.05) is 48.2 Å². The Bertz CT molecular complexity index is 873. The molecule has 2 aliphatic heterocycles. The van der Waals surface area contributed by atoms with E-state index in [2.05, 4.69) is 39.4 Å². The van der Waals surface area contributed by atoms with Gasteiger partial charge in [-0.05, 0) is 37.5 Å². The Hall–Kier alpha value is -2.70. The molecular formula is C26H34N4O2. The first kappa shape index (κ1) is 22.5. The highest BCUT2D eigenvalue weighted by Gasteiger charge is 2.31. The molecule has 4 rings (SSSR count). The summed E-state index contributed by atoms with van der Waals surface area (Å²) in [7, 11) is 0. The lowest BCUT2D eigenvalue weighted by Gasteiger charge is -2.40. The third kappa shape index (κ3) is 5.75. The maximum atomic E-state index is 13.1. The van der Waals surface area contributed by atoms with Crippen molar-refractivity contribution in [1.82, 2.24) is 20.0 Å². The van der Waals surface area contributed by atoms with E-state index < -0.39 is 0 Å². The molecule has 2 aromatic carbocycles. The van der Waals surface area contributed by atoms with Crippen LogP contribution in [-0.4, -0.2) is 77.9 Å². The summed E-state index contributed by atoms with van der Waals surface area (Å²) in [6.45, 7) is 8.06. The number of carbonyl (C=O) groups excluding carboxylic acids is 2. The number of nitrogens with zero attached hydrogens (tertiary/aromatic N) is 3. The molecule has 0 aromatic heterocycles. The number of rotatable bonds is 6. The molecule has 0 unspecified atom stereocenters. The van der Waals surface area contributed by atoms with E-state index in [-0.39, 0.29) is 23.9 Å². The Balaban J connectivity index is 1.20. The summed E-state index contributed by atoms with van der Waals surface area (Å²) in [5.74, 6) is 0.220. The van der Waals surface area contributed by atoms with Crippen LogP contribution in [0.4, 0.5) is 0 Å². The molecule has 0 bridgehead atoms. The highest BCUT2D eigenvalue weighted by atomic mass is 16.2. The standard InChI is InChI=1S/C26H34N4O2/c1-21(26(32)30-18-16-28(17-19-30)20-22-8-4-2-5-9-22)29-14-12-24(13-15-29)27-25(31)23-10-6-3-7-11-23/h2-11,21,24H,12-20H2,1H3,(H,27,31)/t21-/m0/s1. The second kappa shape index (κ2) is 10.7. The fourth-order valence-corrected chi connectivity index (χ4v) is 4.68. The number of hydrogen-bond donors (Lipinski definition) is 1. The number of piperazine rings is 1. The van der Waals surface area contributed by atoms with E-state index in [1.165, 1.54) is 5.56 Å². The highest BCUT2D eigenvalue weighted by molar-refractivity contribution is 5.94. The zero-order valence-electron chi connectivity index (χ0n) is 19.0. The molecular weight excluding hydrogens is 400 g/mol. The second-order valence-corrected chi connectivity index (χ2v) is 8.91. The molecule has 0 saturated carbocycles. The Labute approximate surface area is 191 Å². The van der Waals surface area contributed by atoms with Crippen LogP contribution in [0.15, 0.2) is 60.7 Å². The molecule has 1 atom stereocenters. The molecule has 2 amide bonds. The van der Waals surface area contributed by atoms with Crippen molar-refractivity contribution in [1.29, 1.82) is 0 Å². The average Bonchev–Trinajstić information content (AvgIpc) is 2.85. The lowest BCUT2D eigenvalue weighted by atomic mass is 10.0. The predicted molar refractivity (Wildman–Crippen MR) is 126 cm³/mol. The second-order valence-electron chi connectivity index (χ2n) is 8.91. The van der Waals surface area contributed by atoms with Crippen molar-refractivity contribution in [2.75, 3.05) is 39.3 Å². The van der Waals surface area contributed by atoms with Crippen LogP contribution in [0, 0.1) is 0 Å². The van der Waals surface area contributed by atoms with Crippen molar-refractivity contribution in [3.8, 4) is 0 Å². The maximum absolute atomic E-state index is 13.1. The molecule has 0 radical (unpaired) electrons. The first-order chi connectivity index (χ1) is 15.6. The normalized spacial score (nSPS) is 19.5. The Morgan fingerprint density at radius 3 is 2.09 bits per heavy atom. The summed E-state index contributed by atoms with van der Waals surface area (Å²) in [5, 5.41) is 3.15. The molecule has 2 fully saturated rings. The van der Waals surface area contributed by atoms with Crippen LogP contribution in [0.2, 0.25) is 0 Å². The first-order valence-electron chi connectivity index (χ1n) is 11.7. The number of nitrogens with one attached hydrogen (secondary N) is 1. The van der Waals surface area contributed by atoms with E-state index in [1.54, 1.807) is 0 Å². The molecule has 6 nitrogen and oxygen atoms in total. The quantitative estimate of drug-likeness (QED) is 0.760. The largest absolute Gasteiger partial charge is 0.349 e. The molecule has 0 aliphatic carbocycles. The maximum Gasteiger partial charge on any atom is 0.251 e. The SMILES string of the molecule is C[C@@H](C(=O)N1CCN(Cc2ccccc2)CC1)N1CCC(NC(=O)c2ccccc2)CC1. The fraction of sp³-hybridized carbons (Fsp3) is 0.462. The number of benzene rings is 2. The van der Waals surface area contributed by atoms with Gasteiger partial charge in [0, 0.05) is 57.4 Å². The highest BCUT2D eigenvalue weighted by Crippen LogP contribution is 2.17. The van der Waals surface area contributed by atoms with Gasteiger partial charge in [-0.1, -0.05) is 48.5 Å². The van der Waals surface area contributed by atoms with Gasteiger partial charge in [0.1, 0.15) is 0 Å². The molecule has 32 heavy (non-hydrogen) atoms. The molecule has 2 aliphatic rings. The van der Waals surface area contributed by atoms with Crippen LogP contribution in [0.25, 0.3) is 0 Å². The van der Waals surface area contributed by atoms with E-state index in [4.69, 9.17) is 0 Å². The zero-order valence-corrected chi connectivity index (χ0v) is 19.0. The minimum atomic E-state index is -0.110. The van der Waals surface area contributed by atoms with Crippen LogP contribution < -0.4 is 5.32 Å². The Morgan fingerprint density at radius 2 is 1.47 bits per heavy atom. The third-order valence-corrected chi connectivity index (χ3v) is 6.74. The summed E-state index contributed by atoms with van der Waals surface area (Å²) < 4.78 is 0. The number of amides is 2. The van der Waals surface area contributed by atoms with Gasteiger partial charge in [0.05, 0.1) is 6.04 Å². The average molecular weight is 435 g/mol. The van der Waals surface area contributed by atoms with Crippen LogP contribution in [0.3, 0.4) is 0 Å². The van der Waals surface area contributed by atoms with E-state index in [0.29, 0.717) is 5.56 Å². The minimum absolute atomic E-state index is 0.0125. The number of piperidine rings is 1. The van der Waals surface area contributed by atoms with Crippen molar-refractivity contribution in [3.05, 3.63) is 71.8 Å².